The largest absolute Gasteiger partial charge is 0.378 e. The summed E-state index contributed by atoms with van der Waals surface area (Å²) >= 11 is 0. The molecule has 1 aliphatic heterocycles. The first-order valence-corrected chi connectivity index (χ1v) is 6.57. The fourth-order valence-electron chi connectivity index (χ4n) is 2.38. The molecule has 1 aromatic carbocycles. The van der Waals surface area contributed by atoms with Gasteiger partial charge in [0.25, 0.3) is 0 Å². The number of nitrogens with zero attached hydrogens (tertiary/aromatic N) is 2. The lowest BCUT2D eigenvalue weighted by Crippen LogP contribution is -2.33. The van der Waals surface area contributed by atoms with E-state index in [0.717, 1.165) is 25.7 Å². The highest BCUT2D eigenvalue weighted by Gasteiger charge is 2.19. The predicted octanol–water partition coefficient (Wildman–Crippen LogP) is 2.63. The number of nitrogens with one attached hydrogen (secondary N) is 1. The second-order valence-electron chi connectivity index (χ2n) is 4.72. The summed E-state index contributed by atoms with van der Waals surface area (Å²) in [5.74, 6) is -0.798. The fraction of sp³-hybridized carbons (Fsp3) is 0.538. The zero-order valence-electron chi connectivity index (χ0n) is 10.8. The van der Waals surface area contributed by atoms with Crippen LogP contribution in [0.4, 0.5) is 15.8 Å². The molecule has 19 heavy (non-hydrogen) atoms. The number of rotatable bonds is 5. The van der Waals surface area contributed by atoms with Crippen LogP contribution >= 0.6 is 0 Å². The van der Waals surface area contributed by atoms with Crippen LogP contribution in [0.2, 0.25) is 0 Å². The number of anilines is 1. The Hall–Kier alpha value is -1.69. The summed E-state index contributed by atoms with van der Waals surface area (Å²) in [6, 6.07) is 4.12. The van der Waals surface area contributed by atoms with E-state index < -0.39 is 16.4 Å². The highest BCUT2D eigenvalue weighted by molar-refractivity contribution is 5.61. The third-order valence-corrected chi connectivity index (χ3v) is 3.36. The fourth-order valence-corrected chi connectivity index (χ4v) is 2.38. The van der Waals surface area contributed by atoms with Crippen molar-refractivity contribution < 1.29 is 9.31 Å². The van der Waals surface area contributed by atoms with E-state index >= 15 is 0 Å². The molecule has 1 aromatic rings. The molecule has 1 heterocycles. The normalized spacial score (nSPS) is 16.3. The summed E-state index contributed by atoms with van der Waals surface area (Å²) in [6.07, 6.45) is 3.69. The summed E-state index contributed by atoms with van der Waals surface area (Å²) in [5.41, 5.74) is -0.219. The smallest absolute Gasteiger partial charge is 0.327 e. The number of hydrogen-bond acceptors (Lipinski definition) is 4. The first kappa shape index (κ1) is 13.7. The van der Waals surface area contributed by atoms with E-state index in [1.807, 2.05) is 0 Å². The number of piperidine rings is 1. The van der Waals surface area contributed by atoms with Gasteiger partial charge >= 0.3 is 5.69 Å². The minimum Gasteiger partial charge on any atom is -0.378 e. The van der Waals surface area contributed by atoms with Crippen LogP contribution in [-0.2, 0) is 0 Å². The van der Waals surface area contributed by atoms with Gasteiger partial charge in [0, 0.05) is 13.1 Å². The maximum atomic E-state index is 13.4. The molecular formula is C13H18FN3O2. The Bertz CT molecular complexity index is 448. The number of halogens is 1. The molecule has 0 atom stereocenters. The molecule has 104 valence electrons. The Morgan fingerprint density at radius 2 is 2.05 bits per heavy atom. The molecule has 5 nitrogen and oxygen atoms in total. The maximum absolute atomic E-state index is 13.4. The monoisotopic (exact) mass is 267 g/mol. The van der Waals surface area contributed by atoms with Gasteiger partial charge in [-0.15, -0.1) is 0 Å². The molecule has 0 aromatic heterocycles. The third kappa shape index (κ3) is 3.64. The van der Waals surface area contributed by atoms with Gasteiger partial charge in [-0.2, -0.15) is 4.39 Å². The molecule has 0 saturated carbocycles. The van der Waals surface area contributed by atoms with Gasteiger partial charge in [-0.05, 0) is 38.1 Å². The molecule has 0 radical (unpaired) electrons. The first-order chi connectivity index (χ1) is 9.18. The highest BCUT2D eigenvalue weighted by Crippen LogP contribution is 2.26. The molecule has 1 N–H and O–H groups in total. The van der Waals surface area contributed by atoms with Crippen LogP contribution in [0.3, 0.4) is 0 Å². The first-order valence-electron chi connectivity index (χ1n) is 6.57. The van der Waals surface area contributed by atoms with E-state index in [1.165, 1.54) is 31.4 Å². The van der Waals surface area contributed by atoms with Crippen LogP contribution in [0.1, 0.15) is 19.3 Å². The van der Waals surface area contributed by atoms with Gasteiger partial charge in [0.05, 0.1) is 4.92 Å². The van der Waals surface area contributed by atoms with Crippen LogP contribution in [-0.4, -0.2) is 36.0 Å². The second kappa shape index (κ2) is 6.47. The Morgan fingerprint density at radius 1 is 1.32 bits per heavy atom. The Labute approximate surface area is 111 Å². The standard InChI is InChI=1S/C13H18FN3O2/c14-11-5-4-6-12(13(11)17(18)19)15-7-10-16-8-2-1-3-9-16/h4-6,15H,1-3,7-10H2. The van der Waals surface area contributed by atoms with Crippen LogP contribution in [0.25, 0.3) is 0 Å². The molecule has 0 aliphatic carbocycles. The minimum absolute atomic E-state index is 0.252. The summed E-state index contributed by atoms with van der Waals surface area (Å²) in [6.45, 7) is 3.57. The van der Waals surface area contributed by atoms with E-state index in [2.05, 4.69) is 10.2 Å². The van der Waals surface area contributed by atoms with Crippen molar-refractivity contribution in [2.75, 3.05) is 31.5 Å². The van der Waals surface area contributed by atoms with Gasteiger partial charge in [-0.3, -0.25) is 10.1 Å². The average Bonchev–Trinajstić information content (AvgIpc) is 2.39. The Balaban J connectivity index is 1.92. The van der Waals surface area contributed by atoms with Gasteiger partial charge in [0.2, 0.25) is 5.82 Å². The van der Waals surface area contributed by atoms with E-state index in [9.17, 15) is 14.5 Å². The molecule has 1 fully saturated rings. The predicted molar refractivity (Wildman–Crippen MR) is 71.8 cm³/mol. The summed E-state index contributed by atoms with van der Waals surface area (Å²) < 4.78 is 13.4. The van der Waals surface area contributed by atoms with Crippen LogP contribution in [0.15, 0.2) is 18.2 Å². The van der Waals surface area contributed by atoms with Crippen molar-refractivity contribution in [2.24, 2.45) is 0 Å². The van der Waals surface area contributed by atoms with Crippen LogP contribution in [0, 0.1) is 15.9 Å². The van der Waals surface area contributed by atoms with Gasteiger partial charge in [-0.25, -0.2) is 0 Å². The van der Waals surface area contributed by atoms with Crippen molar-refractivity contribution in [3.8, 4) is 0 Å². The average molecular weight is 267 g/mol. The van der Waals surface area contributed by atoms with Gasteiger partial charge < -0.3 is 10.2 Å². The van der Waals surface area contributed by atoms with Crippen molar-refractivity contribution in [1.29, 1.82) is 0 Å². The minimum atomic E-state index is -0.798. The van der Waals surface area contributed by atoms with E-state index in [-0.39, 0.29) is 5.69 Å². The van der Waals surface area contributed by atoms with Crippen LogP contribution in [0.5, 0.6) is 0 Å². The maximum Gasteiger partial charge on any atom is 0.327 e. The summed E-state index contributed by atoms with van der Waals surface area (Å²) in [7, 11) is 0. The summed E-state index contributed by atoms with van der Waals surface area (Å²) in [5, 5.41) is 13.8. The Morgan fingerprint density at radius 3 is 2.74 bits per heavy atom. The summed E-state index contributed by atoms with van der Waals surface area (Å²) in [4.78, 5) is 12.5. The molecule has 0 spiro atoms. The molecule has 0 bridgehead atoms. The van der Waals surface area contributed by atoms with Gasteiger partial charge in [0.15, 0.2) is 0 Å². The number of nitro groups is 1. The van der Waals surface area contributed by atoms with E-state index in [1.54, 1.807) is 0 Å². The van der Waals surface area contributed by atoms with Crippen LogP contribution < -0.4 is 5.32 Å². The lowest BCUT2D eigenvalue weighted by Gasteiger charge is -2.26. The SMILES string of the molecule is O=[N+]([O-])c1c(F)cccc1NCCN1CCCCC1. The number of likely N-dealkylation sites (tertiary alicyclic amines) is 1. The molecule has 0 unspecified atom stereocenters. The number of hydrogen-bond donors (Lipinski definition) is 1. The van der Waals surface area contributed by atoms with Crippen molar-refractivity contribution in [1.82, 2.24) is 4.90 Å². The number of nitro benzene ring substituents is 1. The van der Waals surface area contributed by atoms with Gasteiger partial charge in [-0.1, -0.05) is 12.5 Å². The van der Waals surface area contributed by atoms with Gasteiger partial charge in [0.1, 0.15) is 5.69 Å². The molecule has 0 amide bonds. The lowest BCUT2D eigenvalue weighted by molar-refractivity contribution is -0.386. The molecule has 1 aliphatic rings. The van der Waals surface area contributed by atoms with Crippen molar-refractivity contribution in [3.63, 3.8) is 0 Å². The molecular weight excluding hydrogens is 249 g/mol. The zero-order chi connectivity index (χ0) is 13.7. The molecule has 1 saturated heterocycles. The highest BCUT2D eigenvalue weighted by atomic mass is 19.1. The molecule has 6 heteroatoms. The topological polar surface area (TPSA) is 58.4 Å². The number of benzene rings is 1. The van der Waals surface area contributed by atoms with Crippen molar-refractivity contribution in [3.05, 3.63) is 34.1 Å². The van der Waals surface area contributed by atoms with E-state index in [0.29, 0.717) is 6.54 Å². The third-order valence-electron chi connectivity index (χ3n) is 3.36. The zero-order valence-corrected chi connectivity index (χ0v) is 10.8. The Kier molecular flexibility index (Phi) is 4.68. The second-order valence-corrected chi connectivity index (χ2v) is 4.72. The number of para-hydroxylation sites is 1. The molecule has 2 rings (SSSR count). The van der Waals surface area contributed by atoms with E-state index in [4.69, 9.17) is 0 Å². The lowest BCUT2D eigenvalue weighted by atomic mass is 10.1. The van der Waals surface area contributed by atoms with Crippen molar-refractivity contribution >= 4 is 11.4 Å². The van der Waals surface area contributed by atoms with Crippen molar-refractivity contribution in [2.45, 2.75) is 19.3 Å². The quantitative estimate of drug-likeness (QED) is 0.658.